The van der Waals surface area contributed by atoms with E-state index < -0.39 is 14.8 Å². The number of hydrogen-bond donors (Lipinski definition) is 0. The third-order valence-corrected chi connectivity index (χ3v) is 4.37. The number of ether oxygens (including phenoxy) is 1. The molecule has 0 amide bonds. The van der Waals surface area contributed by atoms with E-state index in [9.17, 15) is 4.79 Å². The molecule has 0 aliphatic heterocycles. The Hall–Kier alpha value is -0.693. The molecule has 0 aliphatic rings. The third-order valence-electron chi connectivity index (χ3n) is 1.70. The van der Waals surface area contributed by atoms with Crippen molar-refractivity contribution < 1.29 is 22.8 Å². The average Bonchev–Trinajstić information content (AvgIpc) is 2.25. The van der Waals surface area contributed by atoms with Crippen LogP contribution in [-0.2, 0) is 22.8 Å². The van der Waals surface area contributed by atoms with Crippen molar-refractivity contribution in [2.75, 3.05) is 21.0 Å². The van der Waals surface area contributed by atoms with Crippen LogP contribution in [0.15, 0.2) is 12.7 Å². The molecule has 0 N–H and O–H groups in total. The number of esters is 1. The van der Waals surface area contributed by atoms with Gasteiger partial charge in [-0.3, -0.25) is 0 Å². The average molecular weight is 220 g/mol. The van der Waals surface area contributed by atoms with Crippen LogP contribution in [0.3, 0.4) is 0 Å². The first-order valence-corrected chi connectivity index (χ1v) is 6.10. The maximum atomic E-state index is 10.7. The van der Waals surface area contributed by atoms with E-state index in [1.54, 1.807) is 0 Å². The van der Waals surface area contributed by atoms with Crippen LogP contribution in [0.1, 0.15) is 6.92 Å². The molecule has 0 saturated heterocycles. The van der Waals surface area contributed by atoms with Gasteiger partial charge in [0.25, 0.3) is 0 Å². The zero-order valence-corrected chi connectivity index (χ0v) is 9.74. The lowest BCUT2D eigenvalue weighted by molar-refractivity contribution is -0.146. The fraction of sp³-hybridized carbons (Fsp3) is 0.625. The summed E-state index contributed by atoms with van der Waals surface area (Å²) in [5, 5.41) is 0. The van der Waals surface area contributed by atoms with E-state index in [1.807, 2.05) is 6.92 Å². The Morgan fingerprint density at radius 3 is 2.36 bits per heavy atom. The molecule has 0 bridgehead atoms. The Balaban J connectivity index is 3.94. The highest BCUT2D eigenvalue weighted by molar-refractivity contribution is 6.60. The highest BCUT2D eigenvalue weighted by Gasteiger charge is 2.37. The summed E-state index contributed by atoms with van der Waals surface area (Å²) < 4.78 is 20.2. The molecule has 0 saturated carbocycles. The van der Waals surface area contributed by atoms with Crippen molar-refractivity contribution in [1.82, 2.24) is 0 Å². The third kappa shape index (κ3) is 4.01. The van der Waals surface area contributed by atoms with Crippen LogP contribution in [0.5, 0.6) is 0 Å². The van der Waals surface area contributed by atoms with E-state index >= 15 is 0 Å². The van der Waals surface area contributed by atoms with Gasteiger partial charge in [-0.1, -0.05) is 13.5 Å². The number of carbonyl (C=O) groups is 1. The van der Waals surface area contributed by atoms with Gasteiger partial charge in [0.05, 0.1) is 0 Å². The molecule has 0 unspecified atom stereocenters. The standard InChI is InChI=1S/C8H16O5Si/c1-5-8(9)12-7-13-14(6-2,10-3)11-4/h5H,1,6-7H2,2-4H3. The Kier molecular flexibility index (Phi) is 6.38. The molecule has 0 aromatic carbocycles. The summed E-state index contributed by atoms with van der Waals surface area (Å²) in [5.41, 5.74) is 0. The Labute approximate surface area is 85.0 Å². The van der Waals surface area contributed by atoms with E-state index in [-0.39, 0.29) is 6.79 Å². The molecular formula is C8H16O5Si. The van der Waals surface area contributed by atoms with Crippen LogP contribution < -0.4 is 0 Å². The van der Waals surface area contributed by atoms with Crippen molar-refractivity contribution in [2.45, 2.75) is 13.0 Å². The van der Waals surface area contributed by atoms with E-state index in [0.717, 1.165) is 6.08 Å². The van der Waals surface area contributed by atoms with Gasteiger partial charge < -0.3 is 18.0 Å². The normalized spacial score (nSPS) is 11.1. The monoisotopic (exact) mass is 220 g/mol. The minimum absolute atomic E-state index is 0.174. The predicted molar refractivity (Wildman–Crippen MR) is 52.5 cm³/mol. The summed E-state index contributed by atoms with van der Waals surface area (Å²) in [6.07, 6.45) is 1.07. The summed E-state index contributed by atoms with van der Waals surface area (Å²) in [6, 6.07) is 0.617. The highest BCUT2D eigenvalue weighted by Crippen LogP contribution is 2.12. The largest absolute Gasteiger partial charge is 0.502 e. The minimum Gasteiger partial charge on any atom is -0.436 e. The lowest BCUT2D eigenvalue weighted by Crippen LogP contribution is -2.43. The fourth-order valence-corrected chi connectivity index (χ4v) is 2.25. The maximum Gasteiger partial charge on any atom is 0.502 e. The van der Waals surface area contributed by atoms with Gasteiger partial charge in [0, 0.05) is 26.3 Å². The van der Waals surface area contributed by atoms with Crippen LogP contribution in [0.2, 0.25) is 6.04 Å². The zero-order valence-electron chi connectivity index (χ0n) is 8.74. The van der Waals surface area contributed by atoms with Crippen LogP contribution in [0, 0.1) is 0 Å². The van der Waals surface area contributed by atoms with Crippen LogP contribution in [0.25, 0.3) is 0 Å². The van der Waals surface area contributed by atoms with Crippen LogP contribution >= 0.6 is 0 Å². The van der Waals surface area contributed by atoms with Crippen molar-refractivity contribution >= 4 is 14.8 Å². The van der Waals surface area contributed by atoms with Gasteiger partial charge >= 0.3 is 14.8 Å². The summed E-state index contributed by atoms with van der Waals surface area (Å²) >= 11 is 0. The molecular weight excluding hydrogens is 204 g/mol. The molecule has 0 rings (SSSR count). The summed E-state index contributed by atoms with van der Waals surface area (Å²) in [4.78, 5) is 10.7. The second kappa shape index (κ2) is 6.72. The first-order valence-electron chi connectivity index (χ1n) is 4.17. The van der Waals surface area contributed by atoms with Crippen molar-refractivity contribution in [3.8, 4) is 0 Å². The van der Waals surface area contributed by atoms with Crippen molar-refractivity contribution in [3.63, 3.8) is 0 Å². The highest BCUT2D eigenvalue weighted by atomic mass is 28.4. The zero-order chi connectivity index (χ0) is 11.0. The first kappa shape index (κ1) is 13.3. The quantitative estimate of drug-likeness (QED) is 0.277. The molecule has 0 fully saturated rings. The Morgan fingerprint density at radius 1 is 1.43 bits per heavy atom. The van der Waals surface area contributed by atoms with Gasteiger partial charge in [-0.05, 0) is 0 Å². The predicted octanol–water partition coefficient (Wildman–Crippen LogP) is 0.941. The van der Waals surface area contributed by atoms with Gasteiger partial charge in [0.15, 0.2) is 6.79 Å². The van der Waals surface area contributed by atoms with Gasteiger partial charge in [-0.2, -0.15) is 0 Å². The lowest BCUT2D eigenvalue weighted by Gasteiger charge is -2.24. The molecule has 5 nitrogen and oxygen atoms in total. The second-order valence-electron chi connectivity index (χ2n) is 2.37. The summed E-state index contributed by atoms with van der Waals surface area (Å²) in [7, 11) is 0.408. The van der Waals surface area contributed by atoms with Gasteiger partial charge in [-0.15, -0.1) is 0 Å². The maximum absolute atomic E-state index is 10.7. The van der Waals surface area contributed by atoms with Gasteiger partial charge in [0.1, 0.15) is 0 Å². The lowest BCUT2D eigenvalue weighted by atomic mass is 10.7. The molecule has 0 aromatic rings. The number of rotatable bonds is 7. The molecule has 0 spiro atoms. The van der Waals surface area contributed by atoms with E-state index in [0.29, 0.717) is 6.04 Å². The smallest absolute Gasteiger partial charge is 0.436 e. The Morgan fingerprint density at radius 2 is 2.00 bits per heavy atom. The van der Waals surface area contributed by atoms with Crippen molar-refractivity contribution in [3.05, 3.63) is 12.7 Å². The first-order chi connectivity index (χ1) is 6.64. The molecule has 0 atom stereocenters. The summed E-state index contributed by atoms with van der Waals surface area (Å²) in [5.74, 6) is -0.531. The van der Waals surface area contributed by atoms with E-state index in [2.05, 4.69) is 11.3 Å². The molecule has 0 heterocycles. The molecule has 0 radical (unpaired) electrons. The number of hydrogen-bond acceptors (Lipinski definition) is 5. The number of carbonyl (C=O) groups excluding carboxylic acids is 1. The molecule has 6 heteroatoms. The topological polar surface area (TPSA) is 54.0 Å². The van der Waals surface area contributed by atoms with Gasteiger partial charge in [0.2, 0.25) is 0 Å². The second-order valence-corrected chi connectivity index (χ2v) is 5.55. The SMILES string of the molecule is C=CC(=O)OCO[Si](CC)(OC)OC. The molecule has 82 valence electrons. The van der Waals surface area contributed by atoms with E-state index in [1.165, 1.54) is 14.2 Å². The van der Waals surface area contributed by atoms with Gasteiger partial charge in [-0.25, -0.2) is 4.79 Å². The molecule has 0 aromatic heterocycles. The van der Waals surface area contributed by atoms with E-state index in [4.69, 9.17) is 13.3 Å². The van der Waals surface area contributed by atoms with Crippen LogP contribution in [-0.4, -0.2) is 35.8 Å². The van der Waals surface area contributed by atoms with Crippen molar-refractivity contribution in [2.24, 2.45) is 0 Å². The van der Waals surface area contributed by atoms with Crippen LogP contribution in [0.4, 0.5) is 0 Å². The fourth-order valence-electron chi connectivity index (χ4n) is 0.828. The summed E-state index contributed by atoms with van der Waals surface area (Å²) in [6.45, 7) is 4.96. The minimum atomic E-state index is -2.61. The van der Waals surface area contributed by atoms with Crippen molar-refractivity contribution in [1.29, 1.82) is 0 Å². The molecule has 0 aliphatic carbocycles. The Bertz CT molecular complexity index is 182. The molecule has 14 heavy (non-hydrogen) atoms.